The maximum absolute atomic E-state index is 14.9. The molecule has 222 valence electrons. The van der Waals surface area contributed by atoms with E-state index in [1.165, 1.54) is 18.2 Å². The predicted molar refractivity (Wildman–Crippen MR) is 154 cm³/mol. The van der Waals surface area contributed by atoms with E-state index < -0.39 is 40.9 Å². The molecule has 1 aromatic heterocycles. The molecule has 1 aliphatic heterocycles. The summed E-state index contributed by atoms with van der Waals surface area (Å²) >= 11 is 0. The lowest BCUT2D eigenvalue weighted by atomic mass is 9.97. The first kappa shape index (κ1) is 29.5. The van der Waals surface area contributed by atoms with Gasteiger partial charge >= 0.3 is 6.03 Å². The van der Waals surface area contributed by atoms with Crippen molar-refractivity contribution >= 4 is 35.1 Å². The Kier molecular flexibility index (Phi) is 8.26. The van der Waals surface area contributed by atoms with Crippen LogP contribution in [0.2, 0.25) is 0 Å². The van der Waals surface area contributed by atoms with Gasteiger partial charge in [0.1, 0.15) is 29.0 Å². The Bertz CT molecular complexity index is 1710. The Balaban J connectivity index is 1.63. The minimum atomic E-state index is -0.965. The van der Waals surface area contributed by atoms with E-state index in [1.54, 1.807) is 13.0 Å². The number of carbonyl (C=O) groups excluding carboxylic acids is 2. The number of carbonyl (C=O) groups is 2. The molecule has 4 aromatic rings. The van der Waals surface area contributed by atoms with E-state index in [1.807, 2.05) is 19.0 Å². The van der Waals surface area contributed by atoms with Gasteiger partial charge in [0.05, 0.1) is 17.9 Å². The van der Waals surface area contributed by atoms with Crippen LogP contribution < -0.4 is 20.9 Å². The molecule has 2 heterocycles. The molecule has 3 aromatic carbocycles. The van der Waals surface area contributed by atoms with Crippen LogP contribution in [0.25, 0.3) is 11.3 Å². The highest BCUT2D eigenvalue weighted by Gasteiger charge is 2.34. The van der Waals surface area contributed by atoms with Crippen LogP contribution in [0.3, 0.4) is 0 Å². The summed E-state index contributed by atoms with van der Waals surface area (Å²) in [6.45, 7) is 2.73. The Labute approximate surface area is 244 Å². The molecule has 0 atom stereocenters. The molecule has 9 nitrogen and oxygen atoms in total. The predicted octanol–water partition coefficient (Wildman–Crippen LogP) is 5.60. The molecule has 5 rings (SSSR count). The number of fused-ring (bicyclic) bond motifs is 1. The number of urea groups is 1. The highest BCUT2D eigenvalue weighted by Crippen LogP contribution is 2.39. The van der Waals surface area contributed by atoms with Crippen LogP contribution in [0.4, 0.5) is 45.5 Å². The number of rotatable bonds is 8. The highest BCUT2D eigenvalue weighted by molar-refractivity contribution is 6.06. The van der Waals surface area contributed by atoms with Crippen molar-refractivity contribution in [2.75, 3.05) is 42.7 Å². The van der Waals surface area contributed by atoms with Gasteiger partial charge in [-0.05, 0) is 63.0 Å². The van der Waals surface area contributed by atoms with E-state index in [4.69, 9.17) is 0 Å². The standard InChI is InChI=1S/C30H27F4N7O2/c1-16-7-8-17(28(42)37-24-10-9-18(31)14-23(24)34)13-19(16)25-20-15-36-30(43)41(26-21(32)5-4-6-22(26)33)27(20)39-29(38-25)35-11-12-40(2)3/h4-10,13-14H,11-12,15H2,1-3H3,(H,36,43)(H,37,42)(H,35,38,39). The lowest BCUT2D eigenvalue weighted by Crippen LogP contribution is -2.43. The first-order valence-electron chi connectivity index (χ1n) is 13.2. The number of halogens is 4. The summed E-state index contributed by atoms with van der Waals surface area (Å²) in [6, 6.07) is 9.99. The number of amides is 3. The molecule has 0 saturated carbocycles. The van der Waals surface area contributed by atoms with Gasteiger partial charge in [-0.15, -0.1) is 0 Å². The number of hydrogen-bond donors (Lipinski definition) is 3. The number of likely N-dealkylation sites (N-methyl/N-ethyl adjacent to an activating group) is 1. The second-order valence-electron chi connectivity index (χ2n) is 10.1. The molecule has 0 aliphatic carbocycles. The van der Waals surface area contributed by atoms with Gasteiger partial charge in [-0.1, -0.05) is 12.1 Å². The molecular weight excluding hydrogens is 566 g/mol. The Morgan fingerprint density at radius 2 is 1.74 bits per heavy atom. The first-order chi connectivity index (χ1) is 20.5. The van der Waals surface area contributed by atoms with Gasteiger partial charge in [0.2, 0.25) is 5.95 Å². The normalized spacial score (nSPS) is 12.7. The third kappa shape index (κ3) is 6.11. The van der Waals surface area contributed by atoms with E-state index in [0.29, 0.717) is 41.5 Å². The topological polar surface area (TPSA) is 102 Å². The molecule has 0 radical (unpaired) electrons. The zero-order valence-corrected chi connectivity index (χ0v) is 23.4. The molecule has 1 aliphatic rings. The summed E-state index contributed by atoms with van der Waals surface area (Å²) in [5.41, 5.74) is 1.14. The molecule has 43 heavy (non-hydrogen) atoms. The number of aryl methyl sites for hydroxylation is 1. The zero-order chi connectivity index (χ0) is 30.8. The largest absolute Gasteiger partial charge is 0.353 e. The maximum atomic E-state index is 14.9. The SMILES string of the molecule is Cc1ccc(C(=O)Nc2ccc(F)cc2F)cc1-c1nc(NCCN(C)C)nc2c1CNC(=O)N2c1c(F)cccc1F. The van der Waals surface area contributed by atoms with Gasteiger partial charge in [-0.25, -0.2) is 32.2 Å². The zero-order valence-electron chi connectivity index (χ0n) is 23.4. The minimum absolute atomic E-state index is 0.0345. The number of benzene rings is 3. The quantitative estimate of drug-likeness (QED) is 0.230. The van der Waals surface area contributed by atoms with E-state index in [-0.39, 0.29) is 29.6 Å². The van der Waals surface area contributed by atoms with Gasteiger partial charge in [0.25, 0.3) is 5.91 Å². The summed E-state index contributed by atoms with van der Waals surface area (Å²) < 4.78 is 57.4. The van der Waals surface area contributed by atoms with Crippen LogP contribution in [0.1, 0.15) is 21.5 Å². The number of anilines is 4. The van der Waals surface area contributed by atoms with Crippen molar-refractivity contribution in [1.82, 2.24) is 20.2 Å². The second-order valence-corrected chi connectivity index (χ2v) is 10.1. The molecule has 3 N–H and O–H groups in total. The summed E-state index contributed by atoms with van der Waals surface area (Å²) in [5, 5.41) is 8.15. The smallest absolute Gasteiger partial charge is 0.328 e. The lowest BCUT2D eigenvalue weighted by Gasteiger charge is -2.31. The van der Waals surface area contributed by atoms with Crippen LogP contribution in [0.5, 0.6) is 0 Å². The molecule has 3 amide bonds. The lowest BCUT2D eigenvalue weighted by molar-refractivity contribution is 0.102. The van der Waals surface area contributed by atoms with E-state index >= 15 is 0 Å². The fourth-order valence-corrected chi connectivity index (χ4v) is 4.57. The van der Waals surface area contributed by atoms with Crippen LogP contribution in [-0.2, 0) is 6.54 Å². The number of para-hydroxylation sites is 1. The van der Waals surface area contributed by atoms with Gasteiger partial charge in [0.15, 0.2) is 5.82 Å². The summed E-state index contributed by atoms with van der Waals surface area (Å²) in [6.07, 6.45) is 0. The van der Waals surface area contributed by atoms with Gasteiger partial charge < -0.3 is 20.9 Å². The molecule has 0 unspecified atom stereocenters. The maximum Gasteiger partial charge on any atom is 0.328 e. The van der Waals surface area contributed by atoms with Crippen LogP contribution in [0.15, 0.2) is 54.6 Å². The highest BCUT2D eigenvalue weighted by atomic mass is 19.1. The average molecular weight is 594 g/mol. The number of aromatic nitrogens is 2. The third-order valence-corrected chi connectivity index (χ3v) is 6.75. The van der Waals surface area contributed by atoms with Crippen LogP contribution in [-0.4, -0.2) is 54.0 Å². The summed E-state index contributed by atoms with van der Waals surface area (Å²) in [7, 11) is 3.76. The van der Waals surface area contributed by atoms with Gasteiger partial charge in [0, 0.05) is 35.8 Å². The molecule has 0 fully saturated rings. The fraction of sp³-hybridized carbons (Fsp3) is 0.200. The van der Waals surface area contributed by atoms with Crippen molar-refractivity contribution in [1.29, 1.82) is 0 Å². The number of nitrogens with zero attached hydrogens (tertiary/aromatic N) is 4. The Morgan fingerprint density at radius 3 is 2.44 bits per heavy atom. The van der Waals surface area contributed by atoms with Crippen LogP contribution in [0, 0.1) is 30.2 Å². The average Bonchev–Trinajstić information content (AvgIpc) is 2.95. The third-order valence-electron chi connectivity index (χ3n) is 6.75. The van der Waals surface area contributed by atoms with Crippen molar-refractivity contribution in [2.45, 2.75) is 13.5 Å². The van der Waals surface area contributed by atoms with Crippen molar-refractivity contribution in [2.24, 2.45) is 0 Å². The van der Waals surface area contributed by atoms with Crippen LogP contribution >= 0.6 is 0 Å². The second kappa shape index (κ2) is 12.1. The van der Waals surface area contributed by atoms with E-state index in [9.17, 15) is 27.2 Å². The van der Waals surface area contributed by atoms with E-state index in [2.05, 4.69) is 25.9 Å². The Hall–Kier alpha value is -5.04. The molecular formula is C30H27F4N7O2. The van der Waals surface area contributed by atoms with E-state index in [0.717, 1.165) is 29.2 Å². The molecule has 0 saturated heterocycles. The summed E-state index contributed by atoms with van der Waals surface area (Å²) in [5.74, 6) is -4.26. The minimum Gasteiger partial charge on any atom is -0.353 e. The van der Waals surface area contributed by atoms with Gasteiger partial charge in [-0.2, -0.15) is 4.98 Å². The number of hydrogen-bond acceptors (Lipinski definition) is 6. The fourth-order valence-electron chi connectivity index (χ4n) is 4.57. The van der Waals surface area contributed by atoms with Crippen molar-refractivity contribution < 1.29 is 27.2 Å². The van der Waals surface area contributed by atoms with Crippen molar-refractivity contribution in [3.63, 3.8) is 0 Å². The molecule has 0 bridgehead atoms. The Morgan fingerprint density at radius 1 is 1.00 bits per heavy atom. The van der Waals surface area contributed by atoms with Crippen molar-refractivity contribution in [3.8, 4) is 11.3 Å². The molecule has 13 heteroatoms. The summed E-state index contributed by atoms with van der Waals surface area (Å²) in [4.78, 5) is 38.1. The molecule has 0 spiro atoms. The van der Waals surface area contributed by atoms with Gasteiger partial charge in [-0.3, -0.25) is 4.79 Å². The van der Waals surface area contributed by atoms with Crippen molar-refractivity contribution in [3.05, 3.63) is 94.6 Å². The first-order valence-corrected chi connectivity index (χ1v) is 13.2. The monoisotopic (exact) mass is 593 g/mol. The number of nitrogens with one attached hydrogen (secondary N) is 3.